The van der Waals surface area contributed by atoms with Crippen LogP contribution in [0.5, 0.6) is 0 Å². The second kappa shape index (κ2) is 36.4. The highest BCUT2D eigenvalue weighted by Crippen LogP contribution is 2.45. The molecule has 5 aromatic rings. The Morgan fingerprint density at radius 3 is 1.18 bits per heavy atom. The lowest BCUT2D eigenvalue weighted by molar-refractivity contribution is -0.222. The highest BCUT2D eigenvalue weighted by molar-refractivity contribution is 7.72. The standard InChI is InChI=1S/C15H18N2O9S.2C12H16N2O6S.C12H16N2O5S.C10H14N2O4S/c1-15(26-12(20)11(19)21-2)10-8(5-22-6-23-7-24-10)25-13(15)17-4-3-9(18)16-14(17)27;2*1-12(16)9-7(4-17-5-18-6-19-9)20-10(12)14-3-2-8(15)13-11(14)21;1-7-10-8(4-16-5-17-6-18-10)19-11(7)14-3-2-9(15)13-12(14)20;1-5-8(15)6(4-13)16-9(5)12-3-2-7(14)11-10(12)17/h3-4,8,10,13H,5-7H2,1-2H3,(H,16,18,27);2*2-3,7,9-10,16H,4-6H2,1H3,(H,13,15,21);2-3,7-8,10-11H,4-6H2,1H3,(H,13,15,20);2-3,5-6,8-9,13,15H,4H2,1H3,(H,11,14,17)/t8-,10?,13-,15-;2*7-,9?,10-,12-;7-,8+,10?,11+;5-,6+,8?,9+/m11100/s1. The number of nitrogens with one attached hydrogen (secondary N) is 5. The molecule has 0 radical (unpaired) electrons. The summed E-state index contributed by atoms with van der Waals surface area (Å²) in [5.41, 5.74) is -5.75. The molecule has 5 aromatic heterocycles. The zero-order valence-corrected chi connectivity index (χ0v) is 61.5. The van der Waals surface area contributed by atoms with E-state index in [2.05, 4.69) is 29.7 Å². The van der Waals surface area contributed by atoms with E-state index >= 15 is 0 Å². The van der Waals surface area contributed by atoms with Gasteiger partial charge in [0, 0.05) is 73.2 Å². The molecule has 0 aromatic carbocycles. The van der Waals surface area contributed by atoms with Crippen LogP contribution in [-0.4, -0.2) is 252 Å². The Hall–Kier alpha value is -6.40. The zero-order chi connectivity index (χ0) is 76.4. The summed E-state index contributed by atoms with van der Waals surface area (Å²) < 4.78 is 112. The van der Waals surface area contributed by atoms with Crippen LogP contribution in [0.25, 0.3) is 0 Å². The number of methoxy groups -OCH3 is 1. The molecule has 0 saturated carbocycles. The van der Waals surface area contributed by atoms with Crippen molar-refractivity contribution in [2.24, 2.45) is 11.8 Å². The molecule has 0 spiro atoms. The van der Waals surface area contributed by atoms with Crippen molar-refractivity contribution in [1.82, 2.24) is 47.8 Å². The van der Waals surface area contributed by atoms with Crippen molar-refractivity contribution in [3.8, 4) is 0 Å². The number of H-pyrrole nitrogens is 5. The van der Waals surface area contributed by atoms with Crippen LogP contribution in [0.1, 0.15) is 65.8 Å². The first-order valence-electron chi connectivity index (χ1n) is 32.6. The molecular formula is C61H80N10O30S5. The first-order chi connectivity index (χ1) is 50.6. The van der Waals surface area contributed by atoms with E-state index in [-0.39, 0.29) is 152 Å². The maximum atomic E-state index is 12.1. The highest BCUT2D eigenvalue weighted by atomic mass is 32.1. The minimum absolute atomic E-state index is 0.00438. The summed E-state index contributed by atoms with van der Waals surface area (Å²) in [6.45, 7) is 9.71. The van der Waals surface area contributed by atoms with Crippen molar-refractivity contribution < 1.29 is 120 Å². The average molecular weight is 1590 g/mol. The fourth-order valence-corrected chi connectivity index (χ4v) is 14.2. The Bertz CT molecular complexity index is 4360. The summed E-state index contributed by atoms with van der Waals surface area (Å²) in [6, 6.07) is 6.63. The van der Waals surface area contributed by atoms with E-state index in [0.717, 1.165) is 7.11 Å². The van der Waals surface area contributed by atoms with Crippen LogP contribution in [-0.2, 0) is 99.6 Å². The van der Waals surface area contributed by atoms with Gasteiger partial charge < -0.3 is 110 Å². The topological polar surface area (TPSA) is 479 Å². The molecule has 0 amide bonds. The van der Waals surface area contributed by atoms with E-state index < -0.39 is 108 Å². The van der Waals surface area contributed by atoms with Crippen LogP contribution in [0.4, 0.5) is 0 Å². The first-order valence-corrected chi connectivity index (χ1v) is 34.6. The normalized spacial score (nSPS) is 34.1. The van der Waals surface area contributed by atoms with Gasteiger partial charge >= 0.3 is 11.9 Å². The predicted octanol–water partition coefficient (Wildman–Crippen LogP) is 0.00675. The zero-order valence-electron chi connectivity index (χ0n) is 57.5. The summed E-state index contributed by atoms with van der Waals surface area (Å²) in [6.07, 6.45) is -1.18. The third-order valence-corrected chi connectivity index (χ3v) is 19.6. The van der Waals surface area contributed by atoms with Gasteiger partial charge in [0.05, 0.1) is 52.4 Å². The van der Waals surface area contributed by atoms with Gasteiger partial charge in [-0.2, -0.15) is 0 Å². The van der Waals surface area contributed by atoms with E-state index in [1.165, 1.54) is 75.7 Å². The molecule has 20 atom stereocenters. The average Bonchev–Trinajstić information content (AvgIpc) is 1.61. The Labute approximate surface area is 624 Å². The molecule has 9 fully saturated rings. The van der Waals surface area contributed by atoms with Gasteiger partial charge in [0.15, 0.2) is 48.1 Å². The fourth-order valence-electron chi connectivity index (χ4n) is 12.9. The number of hydrogen-bond acceptors (Lipinski definition) is 35. The number of hydrogen-bond donors (Lipinski definition) is 9. The summed E-state index contributed by atoms with van der Waals surface area (Å²) in [4.78, 5) is 92.5. The van der Waals surface area contributed by atoms with Gasteiger partial charge in [0.25, 0.3) is 27.8 Å². The molecule has 9 aliphatic rings. The van der Waals surface area contributed by atoms with Crippen LogP contribution >= 0.6 is 61.1 Å². The summed E-state index contributed by atoms with van der Waals surface area (Å²) in [7, 11) is 1.06. The number of aliphatic hydroxyl groups is 4. The molecule has 0 aliphatic carbocycles. The molecule has 5 unspecified atom stereocenters. The number of carbonyl (C=O) groups excluding carboxylic acids is 2. The van der Waals surface area contributed by atoms with Crippen molar-refractivity contribution >= 4 is 73.0 Å². The number of rotatable bonds is 7. The molecule has 14 rings (SSSR count). The molecule has 9 saturated heterocycles. The largest absolute Gasteiger partial charge is 0.461 e. The second-order valence-electron chi connectivity index (χ2n) is 25.3. The minimum atomic E-state index is -1.50. The monoisotopic (exact) mass is 1590 g/mol. The van der Waals surface area contributed by atoms with Gasteiger partial charge in [0.2, 0.25) is 0 Å². The third kappa shape index (κ3) is 18.9. The van der Waals surface area contributed by atoms with Gasteiger partial charge in [-0.05, 0) is 81.9 Å². The number of aromatic nitrogens is 10. The Kier molecular flexibility index (Phi) is 28.2. The number of esters is 2. The maximum absolute atomic E-state index is 12.1. The van der Waals surface area contributed by atoms with E-state index in [4.69, 9.17) is 151 Å². The lowest BCUT2D eigenvalue weighted by atomic mass is 9.95. The smallest absolute Gasteiger partial charge is 0.418 e. The number of aliphatic hydroxyl groups excluding tert-OH is 2. The van der Waals surface area contributed by atoms with Gasteiger partial charge in [-0.15, -0.1) is 0 Å². The predicted molar refractivity (Wildman–Crippen MR) is 365 cm³/mol. The summed E-state index contributed by atoms with van der Waals surface area (Å²) >= 11 is 25.6. The lowest BCUT2D eigenvalue weighted by Gasteiger charge is -2.35. The van der Waals surface area contributed by atoms with Crippen molar-refractivity contribution in [2.75, 3.05) is 94.5 Å². The quantitative estimate of drug-likeness (QED) is 0.0588. The number of nitrogens with zero attached hydrogens (tertiary/aromatic N) is 5. The fraction of sp³-hybridized carbons (Fsp3) is 0.639. The molecule has 9 N–H and O–H groups in total. The van der Waals surface area contributed by atoms with Gasteiger partial charge in [-0.25, -0.2) is 9.59 Å². The van der Waals surface area contributed by atoms with Crippen molar-refractivity contribution in [3.05, 3.63) is 137 Å². The molecule has 40 nitrogen and oxygen atoms in total. The first kappa shape index (κ1) is 82.1. The number of ether oxygens (including phenoxy) is 19. The maximum Gasteiger partial charge on any atom is 0.418 e. The van der Waals surface area contributed by atoms with E-state index in [9.17, 15) is 48.9 Å². The molecule has 14 heterocycles. The Balaban J connectivity index is 0.000000143. The van der Waals surface area contributed by atoms with Crippen LogP contribution < -0.4 is 27.8 Å². The summed E-state index contributed by atoms with van der Waals surface area (Å²) in [5.74, 6) is -2.56. The number of aromatic amines is 5. The summed E-state index contributed by atoms with van der Waals surface area (Å²) in [5, 5.41) is 40.5. The molecule has 584 valence electrons. The lowest BCUT2D eigenvalue weighted by Crippen LogP contribution is -2.51. The Morgan fingerprint density at radius 2 is 0.802 bits per heavy atom. The second-order valence-corrected chi connectivity index (χ2v) is 27.3. The molecule has 106 heavy (non-hydrogen) atoms. The number of carbonyl (C=O) groups is 2. The number of fused-ring (bicyclic) bond motifs is 4. The van der Waals surface area contributed by atoms with E-state index in [1.54, 1.807) is 36.1 Å². The Morgan fingerprint density at radius 1 is 0.462 bits per heavy atom. The van der Waals surface area contributed by atoms with Gasteiger partial charge in [-0.1, -0.05) is 13.8 Å². The van der Waals surface area contributed by atoms with Crippen LogP contribution in [0, 0.1) is 35.7 Å². The van der Waals surface area contributed by atoms with E-state index in [0.29, 0.717) is 11.4 Å². The van der Waals surface area contributed by atoms with Crippen LogP contribution in [0.3, 0.4) is 0 Å². The van der Waals surface area contributed by atoms with Gasteiger partial charge in [-0.3, -0.25) is 71.7 Å². The third-order valence-electron chi connectivity index (χ3n) is 18.0. The SMILES string of the molecule is COC(=O)C(=O)O[C@]1(C)C2OCOCOC[C@H]2O[C@H]1n1ccc(=O)[nH]c1=S.C[C@@]1(O)C2OCOCOC[C@H]2O[C@H]1n1ccc(=O)[nH]c1=S.C[C@@]1(O)C2OCOCOC[C@H]2O[C@H]1n1ccc(=O)[nH]c1=S.C[C@H]1C(O)[C@@H](CO)O[C@H]1n1ccc(=O)[nH]c1=S.C[C@H]1C2OCOCOC[C@H]2O[C@H]1n1ccc(=O)[nH]c1=S. The highest BCUT2D eigenvalue weighted by Gasteiger charge is 2.60. The van der Waals surface area contributed by atoms with Crippen LogP contribution in [0.15, 0.2) is 85.3 Å². The minimum Gasteiger partial charge on any atom is -0.461 e. The van der Waals surface area contributed by atoms with Crippen molar-refractivity contribution in [3.63, 3.8) is 0 Å². The molecular weight excluding hydrogens is 1510 g/mol. The molecule has 45 heteroatoms. The van der Waals surface area contributed by atoms with Crippen molar-refractivity contribution in [2.45, 2.75) is 144 Å². The molecule has 0 bridgehead atoms. The van der Waals surface area contributed by atoms with Crippen molar-refractivity contribution in [1.29, 1.82) is 0 Å². The van der Waals surface area contributed by atoms with Gasteiger partial charge in [0.1, 0.15) is 127 Å². The molecule has 9 aliphatic heterocycles. The van der Waals surface area contributed by atoms with E-state index in [1.807, 2.05) is 6.92 Å². The van der Waals surface area contributed by atoms with Crippen LogP contribution in [0.2, 0.25) is 0 Å².